The van der Waals surface area contributed by atoms with Crippen LogP contribution in [0.15, 0.2) is 53.5 Å². The Labute approximate surface area is 349 Å². The van der Waals surface area contributed by atoms with E-state index >= 15 is 0 Å². The highest BCUT2D eigenvalue weighted by Gasteiger charge is 2.32. The van der Waals surface area contributed by atoms with Crippen molar-refractivity contribution in [1.82, 2.24) is 14.8 Å². The largest absolute Gasteiger partial charge is 0.491 e. The number of aromatic nitrogens is 3. The van der Waals surface area contributed by atoms with Gasteiger partial charge >= 0.3 is 0 Å². The second-order valence-corrected chi connectivity index (χ2v) is 14.7. The molecule has 3 N–H and O–H groups in total. The molecule has 0 radical (unpaired) electrons. The van der Waals surface area contributed by atoms with Crippen molar-refractivity contribution < 1.29 is 42.7 Å². The fraction of sp³-hybridized carbons (Fsp3) is 0.512. The van der Waals surface area contributed by atoms with Crippen LogP contribution in [-0.2, 0) is 38.0 Å². The standard InChI is InChI=1S/C41H55ClN6O9S/c1-29-30(2)58-41-38(29)39(32-4-6-33(42)7-5-32)45-36(40-47-46-31(3)48(40)41)28-37(49)44-34-8-10-35(11-9-34)57-27-26-56-25-24-55-23-22-54-21-20-53-19-18-52-17-16-51-15-14-50-13-12-43/h4-11,36H,12-28,43H2,1-3H3,(H,44,49). The van der Waals surface area contributed by atoms with Crippen molar-refractivity contribution in [3.8, 4) is 10.8 Å². The van der Waals surface area contributed by atoms with Crippen molar-refractivity contribution in [3.05, 3.63) is 86.8 Å². The predicted molar refractivity (Wildman–Crippen MR) is 223 cm³/mol. The molecule has 2 aromatic heterocycles. The maximum atomic E-state index is 13.5. The number of nitrogens with zero attached hydrogens (tertiary/aromatic N) is 4. The number of halogens is 1. The van der Waals surface area contributed by atoms with E-state index in [0.29, 0.717) is 128 Å². The average molecular weight is 843 g/mol. The lowest BCUT2D eigenvalue weighted by Crippen LogP contribution is -2.17. The molecule has 15 nitrogen and oxygen atoms in total. The van der Waals surface area contributed by atoms with Crippen LogP contribution in [0.1, 0.15) is 45.7 Å². The number of nitrogens with two attached hydrogens (primary N) is 1. The highest BCUT2D eigenvalue weighted by molar-refractivity contribution is 7.15. The number of carbonyl (C=O) groups is 1. The van der Waals surface area contributed by atoms with Gasteiger partial charge in [-0.05, 0) is 62.7 Å². The zero-order valence-electron chi connectivity index (χ0n) is 33.5. The molecule has 0 spiro atoms. The van der Waals surface area contributed by atoms with E-state index in [0.717, 1.165) is 33.2 Å². The van der Waals surface area contributed by atoms with Crippen molar-refractivity contribution >= 4 is 40.2 Å². The minimum atomic E-state index is -0.565. The van der Waals surface area contributed by atoms with Gasteiger partial charge in [-0.15, -0.1) is 21.5 Å². The van der Waals surface area contributed by atoms with Crippen LogP contribution in [0.5, 0.6) is 5.75 Å². The first kappa shape index (κ1) is 45.3. The summed E-state index contributed by atoms with van der Waals surface area (Å²) >= 11 is 7.90. The third-order valence-electron chi connectivity index (χ3n) is 8.86. The van der Waals surface area contributed by atoms with E-state index < -0.39 is 6.04 Å². The van der Waals surface area contributed by atoms with E-state index in [1.165, 1.54) is 4.88 Å². The van der Waals surface area contributed by atoms with E-state index in [1.807, 2.05) is 47.9 Å². The minimum absolute atomic E-state index is 0.0752. The summed E-state index contributed by atoms with van der Waals surface area (Å²) in [6.45, 7) is 13.9. The number of ether oxygens (including phenoxy) is 8. The molecule has 0 saturated carbocycles. The molecular formula is C41H55ClN6O9S. The minimum Gasteiger partial charge on any atom is -0.491 e. The Hall–Kier alpha value is -3.81. The molecule has 4 aromatic rings. The van der Waals surface area contributed by atoms with Crippen molar-refractivity contribution in [1.29, 1.82) is 0 Å². The molecule has 5 rings (SSSR count). The van der Waals surface area contributed by atoms with Gasteiger partial charge in [0.2, 0.25) is 5.91 Å². The number of aryl methyl sites for hydroxylation is 2. The van der Waals surface area contributed by atoms with Gasteiger partial charge in [0.1, 0.15) is 29.2 Å². The van der Waals surface area contributed by atoms with E-state index in [1.54, 1.807) is 23.5 Å². The third-order valence-corrected chi connectivity index (χ3v) is 10.3. The number of anilines is 1. The molecule has 2 aromatic carbocycles. The molecule has 316 valence electrons. The molecule has 1 aliphatic heterocycles. The Bertz CT molecular complexity index is 1860. The Morgan fingerprint density at radius 2 is 1.24 bits per heavy atom. The van der Waals surface area contributed by atoms with Gasteiger partial charge in [-0.3, -0.25) is 14.4 Å². The molecule has 0 fully saturated rings. The number of hydrogen-bond acceptors (Lipinski definition) is 14. The molecule has 1 unspecified atom stereocenters. The highest BCUT2D eigenvalue weighted by Crippen LogP contribution is 2.39. The summed E-state index contributed by atoms with van der Waals surface area (Å²) in [6.07, 6.45) is 0.0752. The van der Waals surface area contributed by atoms with Gasteiger partial charge in [-0.2, -0.15) is 0 Å². The number of amides is 1. The number of fused-ring (bicyclic) bond motifs is 3. The first-order valence-electron chi connectivity index (χ1n) is 19.5. The lowest BCUT2D eigenvalue weighted by atomic mass is 9.99. The summed E-state index contributed by atoms with van der Waals surface area (Å²) in [4.78, 5) is 19.8. The number of rotatable bonds is 28. The Morgan fingerprint density at radius 3 is 1.78 bits per heavy atom. The molecular weight excluding hydrogens is 788 g/mol. The first-order chi connectivity index (χ1) is 28.4. The maximum Gasteiger partial charge on any atom is 0.227 e. The number of benzene rings is 2. The number of nitrogens with one attached hydrogen (secondary N) is 1. The second kappa shape index (κ2) is 25.0. The molecule has 1 aliphatic rings. The van der Waals surface area contributed by atoms with E-state index in [-0.39, 0.29) is 12.3 Å². The Balaban J connectivity index is 0.932. The van der Waals surface area contributed by atoms with E-state index in [2.05, 4.69) is 29.4 Å². The molecule has 3 heterocycles. The van der Waals surface area contributed by atoms with Gasteiger partial charge in [-0.1, -0.05) is 23.7 Å². The zero-order chi connectivity index (χ0) is 41.0. The van der Waals surface area contributed by atoms with Crippen molar-refractivity contribution in [3.63, 3.8) is 0 Å². The van der Waals surface area contributed by atoms with Crippen LogP contribution in [0.25, 0.3) is 5.00 Å². The molecule has 1 atom stereocenters. The number of thiophene rings is 1. The average Bonchev–Trinajstić information content (AvgIpc) is 3.70. The van der Waals surface area contributed by atoms with Crippen LogP contribution in [-0.4, -0.2) is 132 Å². The smallest absolute Gasteiger partial charge is 0.227 e. The quantitative estimate of drug-likeness (QED) is 0.0710. The number of carbonyl (C=O) groups excluding carboxylic acids is 1. The summed E-state index contributed by atoms with van der Waals surface area (Å²) in [5, 5.41) is 13.5. The van der Waals surface area contributed by atoms with E-state index in [9.17, 15) is 4.79 Å². The molecule has 0 bridgehead atoms. The van der Waals surface area contributed by atoms with Crippen LogP contribution in [0.3, 0.4) is 0 Å². The van der Waals surface area contributed by atoms with Gasteiger partial charge in [0, 0.05) is 33.3 Å². The fourth-order valence-electron chi connectivity index (χ4n) is 5.88. The van der Waals surface area contributed by atoms with Crippen molar-refractivity contribution in [2.24, 2.45) is 10.7 Å². The molecule has 17 heteroatoms. The van der Waals surface area contributed by atoms with Crippen LogP contribution in [0.2, 0.25) is 5.02 Å². The second-order valence-electron chi connectivity index (χ2n) is 13.1. The monoisotopic (exact) mass is 842 g/mol. The molecule has 58 heavy (non-hydrogen) atoms. The lowest BCUT2D eigenvalue weighted by molar-refractivity contribution is -0.116. The lowest BCUT2D eigenvalue weighted by Gasteiger charge is -2.13. The number of hydrogen-bond donors (Lipinski definition) is 2. The SMILES string of the molecule is Cc1sc2c(c1C)C(c1ccc(Cl)cc1)=NC(CC(=O)Nc1ccc(OCCOCCOCCOCCOCCOCCOCCOCCN)cc1)c1nnc(C)n1-2. The van der Waals surface area contributed by atoms with Crippen LogP contribution < -0.4 is 15.8 Å². The number of aliphatic imine (C=N–C) groups is 1. The normalized spacial score (nSPS) is 13.5. The fourth-order valence-corrected chi connectivity index (χ4v) is 7.22. The molecule has 0 saturated heterocycles. The van der Waals surface area contributed by atoms with Gasteiger partial charge in [0.25, 0.3) is 0 Å². The van der Waals surface area contributed by atoms with Gasteiger partial charge in [0.15, 0.2) is 5.82 Å². The summed E-state index contributed by atoms with van der Waals surface area (Å²) in [5.41, 5.74) is 9.87. The maximum absolute atomic E-state index is 13.5. The summed E-state index contributed by atoms with van der Waals surface area (Å²) < 4.78 is 46.1. The van der Waals surface area contributed by atoms with Crippen molar-refractivity contribution in [2.75, 3.05) is 111 Å². The van der Waals surface area contributed by atoms with Gasteiger partial charge < -0.3 is 48.9 Å². The third kappa shape index (κ3) is 14.2. The Kier molecular flexibility index (Phi) is 19.5. The Morgan fingerprint density at radius 1 is 0.724 bits per heavy atom. The topological polar surface area (TPSA) is 172 Å². The summed E-state index contributed by atoms with van der Waals surface area (Å²) in [5.74, 6) is 1.83. The highest BCUT2D eigenvalue weighted by atomic mass is 35.5. The van der Waals surface area contributed by atoms with Gasteiger partial charge in [-0.25, -0.2) is 0 Å². The van der Waals surface area contributed by atoms with Crippen LogP contribution >= 0.6 is 22.9 Å². The summed E-state index contributed by atoms with van der Waals surface area (Å²) in [6, 6.07) is 14.3. The van der Waals surface area contributed by atoms with E-state index in [4.69, 9.17) is 60.2 Å². The predicted octanol–water partition coefficient (Wildman–Crippen LogP) is 5.28. The van der Waals surface area contributed by atoms with Crippen LogP contribution in [0.4, 0.5) is 5.69 Å². The molecule has 0 aliphatic carbocycles. The molecule has 1 amide bonds. The summed E-state index contributed by atoms with van der Waals surface area (Å²) in [7, 11) is 0. The zero-order valence-corrected chi connectivity index (χ0v) is 35.1. The van der Waals surface area contributed by atoms with Gasteiger partial charge in [0.05, 0.1) is 105 Å². The first-order valence-corrected chi connectivity index (χ1v) is 20.7. The van der Waals surface area contributed by atoms with Crippen molar-refractivity contribution in [2.45, 2.75) is 33.2 Å². The van der Waals surface area contributed by atoms with Crippen LogP contribution in [0, 0.1) is 20.8 Å².